The first-order valence-corrected chi connectivity index (χ1v) is 8.23. The number of aromatic nitrogens is 3. The Morgan fingerprint density at radius 2 is 1.86 bits per heavy atom. The van der Waals surface area contributed by atoms with Crippen LogP contribution in [0.15, 0.2) is 4.52 Å². The normalized spacial score (nSPS) is 18.3. The molecule has 2 aromatic rings. The molecule has 5 nitrogen and oxygen atoms in total. The van der Waals surface area contributed by atoms with Gasteiger partial charge >= 0.3 is 0 Å². The molecule has 21 heavy (non-hydrogen) atoms. The fourth-order valence-corrected chi connectivity index (χ4v) is 3.71. The third kappa shape index (κ3) is 2.62. The predicted octanol–water partition coefficient (Wildman–Crippen LogP) is 3.53. The maximum Gasteiger partial charge on any atom is 0.269 e. The third-order valence-electron chi connectivity index (χ3n) is 4.00. The summed E-state index contributed by atoms with van der Waals surface area (Å²) in [5.41, 5.74) is 6.94. The highest BCUT2D eigenvalue weighted by Gasteiger charge is 2.36. The first-order chi connectivity index (χ1) is 9.79. The summed E-state index contributed by atoms with van der Waals surface area (Å²) in [6, 6.07) is 0. The first kappa shape index (κ1) is 14.7. The molecule has 0 aliphatic heterocycles. The molecule has 0 radical (unpaired) electrons. The topological polar surface area (TPSA) is 77.8 Å². The van der Waals surface area contributed by atoms with Gasteiger partial charge in [-0.25, -0.2) is 4.98 Å². The second kappa shape index (κ2) is 4.88. The van der Waals surface area contributed by atoms with Crippen LogP contribution in [0, 0.1) is 6.92 Å². The number of nitrogens with two attached hydrogens (primary N) is 1. The minimum Gasteiger partial charge on any atom is -0.333 e. The summed E-state index contributed by atoms with van der Waals surface area (Å²) in [7, 11) is 0. The molecule has 114 valence electrons. The molecule has 2 heterocycles. The van der Waals surface area contributed by atoms with Gasteiger partial charge in [0.2, 0.25) is 0 Å². The summed E-state index contributed by atoms with van der Waals surface area (Å²) >= 11 is 1.63. The van der Waals surface area contributed by atoms with Crippen LogP contribution in [0.4, 0.5) is 0 Å². The highest BCUT2D eigenvalue weighted by molar-refractivity contribution is 7.15. The predicted molar refractivity (Wildman–Crippen MR) is 83.2 cm³/mol. The molecule has 0 saturated heterocycles. The average Bonchev–Trinajstić information content (AvgIpc) is 3.06. The Kier molecular flexibility index (Phi) is 3.41. The van der Waals surface area contributed by atoms with E-state index in [0.717, 1.165) is 41.3 Å². The Morgan fingerprint density at radius 3 is 2.43 bits per heavy atom. The first-order valence-electron chi connectivity index (χ1n) is 7.41. The monoisotopic (exact) mass is 306 g/mol. The maximum absolute atomic E-state index is 6.39. The zero-order chi connectivity index (χ0) is 15.3. The molecule has 0 aromatic carbocycles. The van der Waals surface area contributed by atoms with Crippen LogP contribution >= 0.6 is 11.3 Å². The molecule has 3 rings (SSSR count). The third-order valence-corrected chi connectivity index (χ3v) is 5.57. The molecular weight excluding hydrogens is 284 g/mol. The van der Waals surface area contributed by atoms with Crippen molar-refractivity contribution in [1.82, 2.24) is 15.1 Å². The van der Waals surface area contributed by atoms with Crippen LogP contribution in [0.3, 0.4) is 0 Å². The van der Waals surface area contributed by atoms with Crippen LogP contribution in [-0.2, 0) is 11.0 Å². The van der Waals surface area contributed by atoms with Gasteiger partial charge in [0.1, 0.15) is 4.88 Å². The van der Waals surface area contributed by atoms with E-state index in [0.29, 0.717) is 11.7 Å². The van der Waals surface area contributed by atoms with E-state index in [1.807, 2.05) is 6.92 Å². The summed E-state index contributed by atoms with van der Waals surface area (Å²) in [5, 5.41) is 5.21. The van der Waals surface area contributed by atoms with Gasteiger partial charge in [-0.3, -0.25) is 0 Å². The van der Waals surface area contributed by atoms with Crippen molar-refractivity contribution in [2.75, 3.05) is 0 Å². The second-order valence-corrected chi connectivity index (χ2v) is 7.97. The van der Waals surface area contributed by atoms with Gasteiger partial charge in [-0.15, -0.1) is 11.3 Å². The van der Waals surface area contributed by atoms with E-state index in [1.54, 1.807) is 11.3 Å². The van der Waals surface area contributed by atoms with E-state index < -0.39 is 5.54 Å². The molecule has 0 amide bonds. The van der Waals surface area contributed by atoms with Gasteiger partial charge in [0.05, 0.1) is 16.2 Å². The van der Waals surface area contributed by atoms with Crippen LogP contribution in [0.2, 0.25) is 0 Å². The Morgan fingerprint density at radius 1 is 1.19 bits per heavy atom. The van der Waals surface area contributed by atoms with Crippen molar-refractivity contribution in [3.63, 3.8) is 0 Å². The number of nitrogens with zero attached hydrogens (tertiary/aromatic N) is 3. The largest absolute Gasteiger partial charge is 0.333 e. The van der Waals surface area contributed by atoms with Gasteiger partial charge in [0.15, 0.2) is 5.82 Å². The van der Waals surface area contributed by atoms with Gasteiger partial charge < -0.3 is 10.3 Å². The molecule has 0 unspecified atom stereocenters. The quantitative estimate of drug-likeness (QED) is 0.918. The molecule has 1 fully saturated rings. The highest BCUT2D eigenvalue weighted by Crippen LogP contribution is 2.38. The summed E-state index contributed by atoms with van der Waals surface area (Å²) in [6.07, 6.45) is 4.13. The second-order valence-electron chi connectivity index (χ2n) is 6.97. The summed E-state index contributed by atoms with van der Waals surface area (Å²) < 4.78 is 5.46. The van der Waals surface area contributed by atoms with Crippen LogP contribution < -0.4 is 5.73 Å². The van der Waals surface area contributed by atoms with Gasteiger partial charge in [-0.1, -0.05) is 38.8 Å². The van der Waals surface area contributed by atoms with E-state index in [2.05, 4.69) is 35.9 Å². The molecular formula is C15H22N4OS. The SMILES string of the molecule is Cc1nc(C(C)(C)C)sc1-c1nc(C2(N)CCCC2)no1. The summed E-state index contributed by atoms with van der Waals surface area (Å²) in [6.45, 7) is 8.45. The van der Waals surface area contributed by atoms with Crippen molar-refractivity contribution >= 4 is 11.3 Å². The number of hydrogen-bond acceptors (Lipinski definition) is 6. The summed E-state index contributed by atoms with van der Waals surface area (Å²) in [5.74, 6) is 1.19. The smallest absolute Gasteiger partial charge is 0.269 e. The van der Waals surface area contributed by atoms with Gasteiger partial charge in [0, 0.05) is 5.41 Å². The Balaban J connectivity index is 1.95. The molecule has 2 N–H and O–H groups in total. The standard InChI is InChI=1S/C15H22N4OS/c1-9-10(21-13(17-9)14(2,3)4)11-18-12(19-20-11)15(16)7-5-6-8-15/h5-8,16H2,1-4H3. The van der Waals surface area contributed by atoms with Crippen molar-refractivity contribution < 1.29 is 4.52 Å². The lowest BCUT2D eigenvalue weighted by Gasteiger charge is -2.17. The van der Waals surface area contributed by atoms with Gasteiger partial charge in [-0.2, -0.15) is 4.98 Å². The van der Waals surface area contributed by atoms with Crippen molar-refractivity contribution in [3.05, 3.63) is 16.5 Å². The zero-order valence-corrected chi connectivity index (χ0v) is 13.9. The van der Waals surface area contributed by atoms with Crippen molar-refractivity contribution in [1.29, 1.82) is 0 Å². The molecule has 1 aliphatic carbocycles. The fraction of sp³-hybridized carbons (Fsp3) is 0.667. The molecule has 0 atom stereocenters. The lowest BCUT2D eigenvalue weighted by atomic mass is 9.98. The van der Waals surface area contributed by atoms with Crippen molar-refractivity contribution in [3.8, 4) is 10.8 Å². The van der Waals surface area contributed by atoms with Crippen LogP contribution in [-0.4, -0.2) is 15.1 Å². The molecule has 0 bridgehead atoms. The molecule has 1 saturated carbocycles. The number of rotatable bonds is 2. The number of aryl methyl sites for hydroxylation is 1. The lowest BCUT2D eigenvalue weighted by Crippen LogP contribution is -2.34. The highest BCUT2D eigenvalue weighted by atomic mass is 32.1. The lowest BCUT2D eigenvalue weighted by molar-refractivity contribution is 0.373. The molecule has 2 aromatic heterocycles. The Labute approximate surface area is 129 Å². The number of hydrogen-bond donors (Lipinski definition) is 1. The van der Waals surface area contributed by atoms with Gasteiger partial charge in [0.25, 0.3) is 5.89 Å². The van der Waals surface area contributed by atoms with Crippen LogP contribution in [0.1, 0.15) is 63.0 Å². The van der Waals surface area contributed by atoms with E-state index in [9.17, 15) is 0 Å². The van der Waals surface area contributed by atoms with Crippen LogP contribution in [0.25, 0.3) is 10.8 Å². The van der Waals surface area contributed by atoms with Crippen molar-refractivity contribution in [2.45, 2.75) is 64.3 Å². The van der Waals surface area contributed by atoms with Crippen molar-refractivity contribution in [2.24, 2.45) is 5.73 Å². The number of thiazole rings is 1. The fourth-order valence-electron chi connectivity index (χ4n) is 2.66. The van der Waals surface area contributed by atoms with E-state index in [1.165, 1.54) is 0 Å². The minimum atomic E-state index is -0.410. The van der Waals surface area contributed by atoms with Crippen LogP contribution in [0.5, 0.6) is 0 Å². The molecule has 0 spiro atoms. The van der Waals surface area contributed by atoms with E-state index >= 15 is 0 Å². The Hall–Kier alpha value is -1.27. The van der Waals surface area contributed by atoms with Gasteiger partial charge in [-0.05, 0) is 19.8 Å². The average molecular weight is 306 g/mol. The van der Waals surface area contributed by atoms with E-state index in [4.69, 9.17) is 10.3 Å². The Bertz CT molecular complexity index is 647. The zero-order valence-electron chi connectivity index (χ0n) is 13.1. The minimum absolute atomic E-state index is 0.0249. The summed E-state index contributed by atoms with van der Waals surface area (Å²) in [4.78, 5) is 10.2. The maximum atomic E-state index is 6.39. The van der Waals surface area contributed by atoms with E-state index in [-0.39, 0.29) is 5.41 Å². The molecule has 6 heteroatoms. The molecule has 1 aliphatic rings.